The van der Waals surface area contributed by atoms with Crippen molar-refractivity contribution in [2.24, 2.45) is 11.5 Å². The van der Waals surface area contributed by atoms with Crippen LogP contribution in [-0.4, -0.2) is 48.8 Å². The lowest BCUT2D eigenvalue weighted by atomic mass is 10.1. The fraction of sp³-hybridized carbons (Fsp3) is 1.00. The summed E-state index contributed by atoms with van der Waals surface area (Å²) in [6, 6.07) is 0. The molecule has 0 fully saturated rings. The van der Waals surface area contributed by atoms with E-state index in [9.17, 15) is 10.2 Å². The van der Waals surface area contributed by atoms with Gasteiger partial charge < -0.3 is 32.3 Å². The third-order valence-corrected chi connectivity index (χ3v) is 1.59. The number of aliphatic hydroxyl groups excluding tert-OH is 2. The van der Waals surface area contributed by atoms with Gasteiger partial charge in [-0.2, -0.15) is 0 Å². The van der Waals surface area contributed by atoms with Gasteiger partial charge >= 0.3 is 0 Å². The van der Waals surface area contributed by atoms with Crippen LogP contribution in [0.5, 0.6) is 0 Å². The third kappa shape index (κ3) is 8.10. The van der Waals surface area contributed by atoms with Crippen LogP contribution in [0.2, 0.25) is 0 Å². The maximum atomic E-state index is 9.31. The Balaban J connectivity index is 3.35. The van der Waals surface area contributed by atoms with Gasteiger partial charge in [0.05, 0.1) is 12.2 Å². The maximum absolute atomic E-state index is 9.31. The van der Waals surface area contributed by atoms with E-state index < -0.39 is 12.2 Å². The van der Waals surface area contributed by atoms with Crippen LogP contribution >= 0.6 is 0 Å². The highest BCUT2D eigenvalue weighted by molar-refractivity contribution is 4.66. The van der Waals surface area contributed by atoms with Crippen LogP contribution in [-0.2, 0) is 0 Å². The first kappa shape index (κ1) is 12.8. The second kappa shape index (κ2) is 8.36. The maximum Gasteiger partial charge on any atom is 0.0690 e. The van der Waals surface area contributed by atoms with Crippen LogP contribution in [0.25, 0.3) is 0 Å². The van der Waals surface area contributed by atoms with Gasteiger partial charge in [0.25, 0.3) is 0 Å². The molecule has 8 N–H and O–H groups in total. The second-order valence-electron chi connectivity index (χ2n) is 2.86. The Hall–Kier alpha value is -0.240. The van der Waals surface area contributed by atoms with Crippen molar-refractivity contribution in [3.05, 3.63) is 0 Å². The normalized spacial score (nSPS) is 15.7. The predicted octanol–water partition coefficient (Wildman–Crippen LogP) is -2.89. The van der Waals surface area contributed by atoms with Crippen LogP contribution in [0, 0.1) is 0 Å². The van der Waals surface area contributed by atoms with Crippen molar-refractivity contribution in [3.8, 4) is 0 Å². The minimum Gasteiger partial charge on any atom is -0.392 e. The molecular formula is C7H20N4O2. The second-order valence-corrected chi connectivity index (χ2v) is 2.86. The highest BCUT2D eigenvalue weighted by atomic mass is 16.3. The molecule has 0 aliphatic heterocycles. The van der Waals surface area contributed by atoms with E-state index in [1.54, 1.807) is 0 Å². The number of hydrogen-bond donors (Lipinski definition) is 6. The molecule has 2 unspecified atom stereocenters. The molecule has 0 saturated carbocycles. The molecule has 0 aliphatic rings. The summed E-state index contributed by atoms with van der Waals surface area (Å²) in [6.07, 6.45) is -0.823. The summed E-state index contributed by atoms with van der Waals surface area (Å²) in [4.78, 5) is 0. The molecule has 0 aromatic carbocycles. The van der Waals surface area contributed by atoms with Crippen molar-refractivity contribution < 1.29 is 10.2 Å². The predicted molar refractivity (Wildman–Crippen MR) is 50.7 cm³/mol. The largest absolute Gasteiger partial charge is 0.392 e. The first-order valence-corrected chi connectivity index (χ1v) is 4.38. The number of aliphatic hydroxyl groups is 2. The number of nitrogens with one attached hydrogen (secondary N) is 2. The van der Waals surface area contributed by atoms with E-state index >= 15 is 0 Å². The summed E-state index contributed by atoms with van der Waals surface area (Å²) in [7, 11) is 0. The molecule has 0 aromatic heterocycles. The van der Waals surface area contributed by atoms with Gasteiger partial charge in [0.15, 0.2) is 0 Å². The van der Waals surface area contributed by atoms with E-state index in [-0.39, 0.29) is 0 Å². The number of nitrogens with two attached hydrogens (primary N) is 2. The van der Waals surface area contributed by atoms with E-state index in [0.29, 0.717) is 32.8 Å². The summed E-state index contributed by atoms with van der Waals surface area (Å²) in [6.45, 7) is 1.45. The van der Waals surface area contributed by atoms with E-state index in [2.05, 4.69) is 10.6 Å². The van der Waals surface area contributed by atoms with Crippen LogP contribution < -0.4 is 22.1 Å². The van der Waals surface area contributed by atoms with Gasteiger partial charge in [0, 0.05) is 32.8 Å². The molecule has 0 rings (SSSR count). The Morgan fingerprint density at radius 3 is 1.62 bits per heavy atom. The summed E-state index contributed by atoms with van der Waals surface area (Å²) in [5.41, 5.74) is 10.3. The molecule has 0 radical (unpaired) electrons. The van der Waals surface area contributed by atoms with Crippen molar-refractivity contribution in [2.75, 3.05) is 26.4 Å². The molecule has 2 atom stereocenters. The Morgan fingerprint density at radius 1 is 0.923 bits per heavy atom. The number of hydrogen-bond acceptors (Lipinski definition) is 6. The topological polar surface area (TPSA) is 117 Å². The third-order valence-electron chi connectivity index (χ3n) is 1.59. The Morgan fingerprint density at radius 2 is 1.31 bits per heavy atom. The van der Waals surface area contributed by atoms with E-state index in [1.807, 2.05) is 0 Å². The van der Waals surface area contributed by atoms with Gasteiger partial charge in [0.1, 0.15) is 0 Å². The Bertz CT molecular complexity index is 103. The molecule has 6 heteroatoms. The minimum atomic E-state index is -0.571. The average molecular weight is 192 g/mol. The Labute approximate surface area is 78.3 Å². The summed E-state index contributed by atoms with van der Waals surface area (Å²) in [5.74, 6) is 0. The highest BCUT2D eigenvalue weighted by Gasteiger charge is 2.10. The van der Waals surface area contributed by atoms with Crippen molar-refractivity contribution in [1.82, 2.24) is 10.6 Å². The fourth-order valence-electron chi connectivity index (χ4n) is 0.981. The van der Waals surface area contributed by atoms with Crippen molar-refractivity contribution in [3.63, 3.8) is 0 Å². The van der Waals surface area contributed by atoms with Crippen LogP contribution in [0.4, 0.5) is 0 Å². The lowest BCUT2D eigenvalue weighted by molar-refractivity contribution is 0.0802. The van der Waals surface area contributed by atoms with Crippen LogP contribution in [0.15, 0.2) is 0 Å². The smallest absolute Gasteiger partial charge is 0.0690 e. The minimum absolute atomic E-state index is 0.319. The zero-order valence-corrected chi connectivity index (χ0v) is 7.74. The molecule has 80 valence electrons. The average Bonchev–Trinajstić information content (AvgIpc) is 2.11. The van der Waals surface area contributed by atoms with E-state index in [1.165, 1.54) is 0 Å². The molecule has 0 amide bonds. The van der Waals surface area contributed by atoms with E-state index in [4.69, 9.17) is 11.5 Å². The highest BCUT2D eigenvalue weighted by Crippen LogP contribution is 1.95. The van der Waals surface area contributed by atoms with Crippen molar-refractivity contribution >= 4 is 0 Å². The molecule has 13 heavy (non-hydrogen) atoms. The molecule has 0 heterocycles. The van der Waals surface area contributed by atoms with Crippen molar-refractivity contribution in [2.45, 2.75) is 18.6 Å². The summed E-state index contributed by atoms with van der Waals surface area (Å²) in [5, 5.41) is 24.2. The van der Waals surface area contributed by atoms with Gasteiger partial charge in [-0.25, -0.2) is 0 Å². The molecular weight excluding hydrogens is 172 g/mol. The molecule has 0 spiro atoms. The molecule has 0 saturated heterocycles. The van der Waals surface area contributed by atoms with Gasteiger partial charge in [0.2, 0.25) is 0 Å². The SMILES string of the molecule is NCNCC(O)CC(O)CNCN. The lowest BCUT2D eigenvalue weighted by Gasteiger charge is -2.15. The zero-order chi connectivity index (χ0) is 10.1. The van der Waals surface area contributed by atoms with Crippen LogP contribution in [0.1, 0.15) is 6.42 Å². The van der Waals surface area contributed by atoms with Gasteiger partial charge in [-0.1, -0.05) is 0 Å². The molecule has 6 nitrogen and oxygen atoms in total. The molecule has 0 aliphatic carbocycles. The first-order chi connectivity index (χ1) is 6.20. The van der Waals surface area contributed by atoms with Gasteiger partial charge in [-0.3, -0.25) is 0 Å². The monoisotopic (exact) mass is 192 g/mol. The van der Waals surface area contributed by atoms with Crippen LogP contribution in [0.3, 0.4) is 0 Å². The lowest BCUT2D eigenvalue weighted by Crippen LogP contribution is -2.37. The standard InChI is InChI=1S/C7H20N4O2/c8-4-10-2-6(12)1-7(13)3-11-5-9/h6-7,10-13H,1-5,8-9H2. The Kier molecular flexibility index (Phi) is 8.21. The molecule has 0 aromatic rings. The van der Waals surface area contributed by atoms with E-state index in [0.717, 1.165) is 0 Å². The number of rotatable bonds is 8. The quantitative estimate of drug-likeness (QED) is 0.230. The first-order valence-electron chi connectivity index (χ1n) is 4.38. The van der Waals surface area contributed by atoms with Gasteiger partial charge in [-0.05, 0) is 0 Å². The fourth-order valence-corrected chi connectivity index (χ4v) is 0.981. The van der Waals surface area contributed by atoms with Crippen molar-refractivity contribution in [1.29, 1.82) is 0 Å². The summed E-state index contributed by atoms with van der Waals surface area (Å²) < 4.78 is 0. The molecule has 0 bridgehead atoms. The summed E-state index contributed by atoms with van der Waals surface area (Å²) >= 11 is 0. The zero-order valence-electron chi connectivity index (χ0n) is 7.74. The van der Waals surface area contributed by atoms with Gasteiger partial charge in [-0.15, -0.1) is 0 Å².